The molecule has 2 nitrogen and oxygen atoms in total. The van der Waals surface area contributed by atoms with Crippen LogP contribution in [0, 0.1) is 0 Å². The van der Waals surface area contributed by atoms with Crippen LogP contribution in [0.25, 0.3) is 0 Å². The third-order valence-electron chi connectivity index (χ3n) is 2.16. The molecule has 0 radical (unpaired) electrons. The van der Waals surface area contributed by atoms with Crippen molar-refractivity contribution >= 4 is 49.0 Å². The molecule has 2 N–H and O–H groups in total. The van der Waals surface area contributed by atoms with Gasteiger partial charge in [-0.05, 0) is 16.7 Å². The summed E-state index contributed by atoms with van der Waals surface area (Å²) in [6.07, 6.45) is 0. The number of hydrogen-bond donors (Lipinski definition) is 2. The van der Waals surface area contributed by atoms with Gasteiger partial charge in [0, 0.05) is 0 Å². The monoisotopic (exact) mass is 262 g/mol. The van der Waals surface area contributed by atoms with E-state index in [1.54, 1.807) is 6.07 Å². The molecule has 6 heteroatoms. The molecule has 82 valence electrons. The first-order valence-electron chi connectivity index (χ1n) is 4.59. The predicted octanol–water partition coefficient (Wildman–Crippen LogP) is 1.22. The van der Waals surface area contributed by atoms with Gasteiger partial charge in [0.1, 0.15) is 0 Å². The molecule has 15 heavy (non-hydrogen) atoms. The van der Waals surface area contributed by atoms with Crippen LogP contribution in [0.15, 0.2) is 12.1 Å². The van der Waals surface area contributed by atoms with Crippen LogP contribution in [0.2, 0.25) is 29.7 Å². The van der Waals surface area contributed by atoms with Gasteiger partial charge in [-0.2, -0.15) is 0 Å². The fourth-order valence-electron chi connectivity index (χ4n) is 1.30. The summed E-state index contributed by atoms with van der Waals surface area (Å²) in [7, 11) is -3.13. The Balaban J connectivity index is 3.38. The van der Waals surface area contributed by atoms with Crippen molar-refractivity contribution < 1.29 is 10.0 Å². The molecular weight excluding hydrogens is 250 g/mol. The summed E-state index contributed by atoms with van der Waals surface area (Å²) in [5.41, 5.74) is 0.391. The Morgan fingerprint density at radius 1 is 1.13 bits per heavy atom. The molecule has 0 aliphatic rings. The minimum absolute atomic E-state index is 0.375. The highest BCUT2D eigenvalue weighted by Crippen LogP contribution is 2.21. The molecule has 0 unspecified atom stereocenters. The van der Waals surface area contributed by atoms with Crippen LogP contribution in [-0.2, 0) is 0 Å². The Morgan fingerprint density at radius 2 is 1.67 bits per heavy atom. The molecule has 0 amide bonds. The zero-order valence-electron chi connectivity index (χ0n) is 8.88. The van der Waals surface area contributed by atoms with Crippen LogP contribution >= 0.6 is 23.2 Å². The second-order valence-corrected chi connectivity index (χ2v) is 10.3. The number of halogens is 2. The van der Waals surface area contributed by atoms with Crippen molar-refractivity contribution in [2.75, 3.05) is 0 Å². The molecule has 1 aromatic rings. The van der Waals surface area contributed by atoms with E-state index >= 15 is 0 Å². The van der Waals surface area contributed by atoms with Gasteiger partial charge in [-0.3, -0.25) is 0 Å². The van der Waals surface area contributed by atoms with E-state index in [4.69, 9.17) is 33.2 Å². The van der Waals surface area contributed by atoms with Gasteiger partial charge in [-0.25, -0.2) is 0 Å². The molecule has 1 aromatic carbocycles. The van der Waals surface area contributed by atoms with Gasteiger partial charge in [-0.15, -0.1) is 0 Å². The van der Waals surface area contributed by atoms with E-state index < -0.39 is 15.2 Å². The van der Waals surface area contributed by atoms with Crippen LogP contribution in [0.1, 0.15) is 0 Å². The molecule has 1 rings (SSSR count). The summed E-state index contributed by atoms with van der Waals surface area (Å²) < 4.78 is 0. The molecule has 0 aromatic heterocycles. The smallest absolute Gasteiger partial charge is 0.423 e. The third kappa shape index (κ3) is 2.98. The van der Waals surface area contributed by atoms with Crippen molar-refractivity contribution in [3.8, 4) is 0 Å². The Labute approximate surface area is 101 Å². The summed E-state index contributed by atoms with van der Waals surface area (Å²) in [6.45, 7) is 6.37. The summed E-state index contributed by atoms with van der Waals surface area (Å²) in [5.74, 6) is 0. The Kier molecular flexibility index (Phi) is 3.90. The highest BCUT2D eigenvalue weighted by Gasteiger charge is 2.24. The average molecular weight is 263 g/mol. The molecular formula is C9H13BCl2O2Si. The van der Waals surface area contributed by atoms with E-state index in [1.807, 2.05) is 0 Å². The van der Waals surface area contributed by atoms with E-state index in [0.717, 1.165) is 5.19 Å². The summed E-state index contributed by atoms with van der Waals surface area (Å²) in [4.78, 5) is 0. The van der Waals surface area contributed by atoms with E-state index in [2.05, 4.69) is 19.6 Å². The quantitative estimate of drug-likeness (QED) is 0.787. The van der Waals surface area contributed by atoms with Crippen molar-refractivity contribution in [3.05, 3.63) is 22.2 Å². The second kappa shape index (κ2) is 4.47. The van der Waals surface area contributed by atoms with Gasteiger partial charge in [0.05, 0.1) is 18.1 Å². The maximum absolute atomic E-state index is 9.10. The van der Waals surface area contributed by atoms with Gasteiger partial charge >= 0.3 is 7.12 Å². The summed E-state index contributed by atoms with van der Waals surface area (Å²) in [6, 6.07) is 3.21. The van der Waals surface area contributed by atoms with E-state index in [-0.39, 0.29) is 0 Å². The van der Waals surface area contributed by atoms with Crippen LogP contribution < -0.4 is 10.6 Å². The van der Waals surface area contributed by atoms with Gasteiger partial charge in [-0.1, -0.05) is 48.9 Å². The lowest BCUT2D eigenvalue weighted by molar-refractivity contribution is 0.426. The Hall–Kier alpha value is 0.00182. The highest BCUT2D eigenvalue weighted by atomic mass is 35.5. The predicted molar refractivity (Wildman–Crippen MR) is 69.3 cm³/mol. The largest absolute Gasteiger partial charge is 0.488 e. The van der Waals surface area contributed by atoms with E-state index in [1.165, 1.54) is 6.07 Å². The van der Waals surface area contributed by atoms with E-state index in [0.29, 0.717) is 15.5 Å². The van der Waals surface area contributed by atoms with Crippen LogP contribution in [-0.4, -0.2) is 25.2 Å². The number of benzene rings is 1. The van der Waals surface area contributed by atoms with Crippen LogP contribution in [0.4, 0.5) is 0 Å². The van der Waals surface area contributed by atoms with Crippen molar-refractivity contribution in [1.82, 2.24) is 0 Å². The van der Waals surface area contributed by atoms with Crippen LogP contribution in [0.3, 0.4) is 0 Å². The maximum Gasteiger partial charge on any atom is 0.488 e. The maximum atomic E-state index is 9.10. The van der Waals surface area contributed by atoms with Crippen molar-refractivity contribution in [2.24, 2.45) is 0 Å². The third-order valence-corrected chi connectivity index (χ3v) is 5.13. The van der Waals surface area contributed by atoms with Crippen molar-refractivity contribution in [2.45, 2.75) is 19.6 Å². The molecule has 0 aliphatic heterocycles. The first-order valence-corrected chi connectivity index (χ1v) is 8.84. The zero-order valence-corrected chi connectivity index (χ0v) is 11.4. The zero-order chi connectivity index (χ0) is 11.8. The minimum atomic E-state index is -1.63. The lowest BCUT2D eigenvalue weighted by Gasteiger charge is -2.20. The first-order chi connectivity index (χ1) is 6.73. The normalized spacial score (nSPS) is 11.7. The fraction of sp³-hybridized carbons (Fsp3) is 0.333. The standard InChI is InChI=1S/C9H13BCl2O2Si/c1-15(2,3)8-5-6(10(13)14)4-7(11)9(8)12/h4-5,13-14H,1-3H3. The molecule has 0 aliphatic carbocycles. The lowest BCUT2D eigenvalue weighted by atomic mass is 9.80. The SMILES string of the molecule is C[Si](C)(C)c1cc(B(O)O)cc(Cl)c1Cl. The van der Waals surface area contributed by atoms with Gasteiger partial charge in [0.15, 0.2) is 0 Å². The molecule has 0 bridgehead atoms. The number of rotatable bonds is 2. The van der Waals surface area contributed by atoms with Gasteiger partial charge < -0.3 is 10.0 Å². The molecule has 0 saturated heterocycles. The van der Waals surface area contributed by atoms with E-state index in [9.17, 15) is 0 Å². The van der Waals surface area contributed by atoms with Crippen molar-refractivity contribution in [1.29, 1.82) is 0 Å². The Bertz CT molecular complexity index is 377. The Morgan fingerprint density at radius 3 is 2.07 bits per heavy atom. The summed E-state index contributed by atoms with van der Waals surface area (Å²) in [5, 5.41) is 20.0. The topological polar surface area (TPSA) is 40.5 Å². The number of hydrogen-bond acceptors (Lipinski definition) is 2. The molecule has 0 fully saturated rings. The average Bonchev–Trinajstić information content (AvgIpc) is 2.06. The molecule has 0 heterocycles. The molecule has 0 saturated carbocycles. The molecule has 0 spiro atoms. The second-order valence-electron chi connectivity index (χ2n) is 4.49. The first kappa shape index (κ1) is 13.1. The van der Waals surface area contributed by atoms with Crippen molar-refractivity contribution in [3.63, 3.8) is 0 Å². The minimum Gasteiger partial charge on any atom is -0.423 e. The lowest BCUT2D eigenvalue weighted by Crippen LogP contribution is -2.43. The van der Waals surface area contributed by atoms with Crippen LogP contribution in [0.5, 0.6) is 0 Å². The fourth-order valence-corrected chi connectivity index (χ4v) is 3.96. The van der Waals surface area contributed by atoms with Gasteiger partial charge in [0.2, 0.25) is 0 Å². The van der Waals surface area contributed by atoms with Gasteiger partial charge in [0.25, 0.3) is 0 Å². The highest BCUT2D eigenvalue weighted by molar-refractivity contribution is 6.90. The molecule has 0 atom stereocenters. The summed E-state index contributed by atoms with van der Waals surface area (Å²) >= 11 is 12.0.